The van der Waals surface area contributed by atoms with Crippen LogP contribution in [-0.2, 0) is 0 Å². The number of rotatable bonds is 15. The van der Waals surface area contributed by atoms with Crippen LogP contribution in [0.4, 0.5) is 34.1 Å². The Hall–Kier alpha value is -14.3. The lowest BCUT2D eigenvalue weighted by atomic mass is 9.98. The highest BCUT2D eigenvalue weighted by Crippen LogP contribution is 2.45. The molecule has 0 aliphatic heterocycles. The second kappa shape index (κ2) is 26.5. The lowest BCUT2D eigenvalue weighted by Crippen LogP contribution is -2.09. The van der Waals surface area contributed by atoms with Gasteiger partial charge in [-0.05, 0) is 230 Å². The van der Waals surface area contributed by atoms with Gasteiger partial charge in [0.15, 0.2) is 0 Å². The Morgan fingerprint density at radius 1 is 0.159 bits per heavy atom. The summed E-state index contributed by atoms with van der Waals surface area (Å²) in [5.74, 6) is 0. The molecule has 5 heteroatoms. The molecule has 0 spiro atoms. The Bertz CT molecular complexity index is 6660. The molecule has 0 aliphatic carbocycles. The Morgan fingerprint density at radius 3 is 0.841 bits per heavy atom. The van der Waals surface area contributed by atoms with E-state index >= 15 is 0 Å². The van der Waals surface area contributed by atoms with Crippen LogP contribution in [0.5, 0.6) is 0 Å². The summed E-state index contributed by atoms with van der Waals surface area (Å²) in [6.45, 7) is 0. The standard InChI is InChI=1S/C102H68N4O/c1-5-18-69(19-6-1)72-36-49-85(50-37-72)103(86-51-40-74(41-52-86)71-32-34-75(35-33-71)80-47-62-99-95(65-80)91-28-13-15-30-97(91)105(99)83-24-9-3-10-25-83)87-55-42-76(43-56-87)78-22-17-23-79(64-78)77-44-57-89(58-45-77)104(88-53-38-73(39-54-88)70-20-7-2-8-21-70)90-59-61-94-93-60-46-82(67-101(93)107-102(94)68-90)81-48-63-100-96(66-81)92-29-14-16-31-98(92)106(100)84-26-11-4-12-27-84/h1-68H. The van der Waals surface area contributed by atoms with E-state index in [4.69, 9.17) is 4.42 Å². The van der Waals surface area contributed by atoms with Crippen molar-refractivity contribution in [2.45, 2.75) is 0 Å². The van der Waals surface area contributed by atoms with Crippen LogP contribution >= 0.6 is 0 Å². The third-order valence-electron chi connectivity index (χ3n) is 21.3. The molecule has 0 saturated carbocycles. The molecule has 0 radical (unpaired) electrons. The number of nitrogens with zero attached hydrogens (tertiary/aromatic N) is 4. The normalized spacial score (nSPS) is 11.6. The number of furan rings is 1. The smallest absolute Gasteiger partial charge is 0.137 e. The van der Waals surface area contributed by atoms with E-state index in [-0.39, 0.29) is 0 Å². The Kier molecular flexibility index (Phi) is 15.5. The van der Waals surface area contributed by atoms with Crippen LogP contribution in [0.2, 0.25) is 0 Å². The number of aromatic nitrogens is 2. The molecule has 0 amide bonds. The van der Waals surface area contributed by atoms with Gasteiger partial charge in [0.25, 0.3) is 0 Å². The Morgan fingerprint density at radius 2 is 0.421 bits per heavy atom. The average Bonchev–Trinajstić information content (AvgIpc) is 1.61. The highest BCUT2D eigenvalue weighted by Gasteiger charge is 2.21. The quantitative estimate of drug-likeness (QED) is 0.102. The molecule has 0 unspecified atom stereocenters. The second-order valence-electron chi connectivity index (χ2n) is 27.6. The van der Waals surface area contributed by atoms with E-state index in [1.807, 2.05) is 0 Å². The molecular formula is C102H68N4O. The number of anilines is 6. The summed E-state index contributed by atoms with van der Waals surface area (Å²) >= 11 is 0. The lowest BCUT2D eigenvalue weighted by molar-refractivity contribution is 0.669. The first-order valence-corrected chi connectivity index (χ1v) is 36.6. The monoisotopic (exact) mass is 1360 g/mol. The molecule has 502 valence electrons. The molecule has 0 atom stereocenters. The van der Waals surface area contributed by atoms with E-state index in [0.717, 1.165) is 118 Å². The van der Waals surface area contributed by atoms with Gasteiger partial charge in [-0.1, -0.05) is 255 Å². The molecule has 20 aromatic rings. The van der Waals surface area contributed by atoms with E-state index < -0.39 is 0 Å². The number of hydrogen-bond acceptors (Lipinski definition) is 3. The molecule has 3 aromatic heterocycles. The first kappa shape index (κ1) is 62.5. The Balaban J connectivity index is 0.586. The lowest BCUT2D eigenvalue weighted by Gasteiger charge is -2.26. The van der Waals surface area contributed by atoms with Crippen molar-refractivity contribution in [3.8, 4) is 89.3 Å². The predicted molar refractivity (Wildman–Crippen MR) is 450 cm³/mol. The minimum atomic E-state index is 0.830. The summed E-state index contributed by atoms with van der Waals surface area (Å²) in [6, 6.07) is 150. The molecule has 3 heterocycles. The van der Waals surface area contributed by atoms with Gasteiger partial charge in [0, 0.05) is 83.9 Å². The first-order chi connectivity index (χ1) is 53.0. The van der Waals surface area contributed by atoms with Crippen molar-refractivity contribution in [2.75, 3.05) is 9.80 Å². The van der Waals surface area contributed by atoms with Gasteiger partial charge < -0.3 is 23.4 Å². The van der Waals surface area contributed by atoms with Crippen molar-refractivity contribution in [3.63, 3.8) is 0 Å². The van der Waals surface area contributed by atoms with Crippen LogP contribution in [0.3, 0.4) is 0 Å². The zero-order valence-electron chi connectivity index (χ0n) is 58.5. The fourth-order valence-corrected chi connectivity index (χ4v) is 16.0. The van der Waals surface area contributed by atoms with Crippen LogP contribution in [0.15, 0.2) is 417 Å². The van der Waals surface area contributed by atoms with Crippen LogP contribution in [0.1, 0.15) is 0 Å². The first-order valence-electron chi connectivity index (χ1n) is 36.6. The maximum absolute atomic E-state index is 6.89. The minimum Gasteiger partial charge on any atom is -0.456 e. The summed E-state index contributed by atoms with van der Waals surface area (Å²) < 4.78 is 11.6. The van der Waals surface area contributed by atoms with Crippen molar-refractivity contribution in [1.29, 1.82) is 0 Å². The zero-order chi connectivity index (χ0) is 70.7. The van der Waals surface area contributed by atoms with Gasteiger partial charge in [-0.3, -0.25) is 0 Å². The molecule has 0 bridgehead atoms. The fraction of sp³-hybridized carbons (Fsp3) is 0. The molecule has 5 nitrogen and oxygen atoms in total. The van der Waals surface area contributed by atoms with E-state index in [0.29, 0.717) is 0 Å². The van der Waals surface area contributed by atoms with Gasteiger partial charge in [-0.25, -0.2) is 0 Å². The molecular weight excluding hydrogens is 1300 g/mol. The van der Waals surface area contributed by atoms with Crippen LogP contribution in [0.25, 0.3) is 155 Å². The number of hydrogen-bond donors (Lipinski definition) is 0. The van der Waals surface area contributed by atoms with Crippen LogP contribution < -0.4 is 9.80 Å². The molecule has 20 rings (SSSR count). The van der Waals surface area contributed by atoms with Crippen molar-refractivity contribution >= 4 is 99.7 Å². The molecule has 0 saturated heterocycles. The fourth-order valence-electron chi connectivity index (χ4n) is 16.0. The maximum Gasteiger partial charge on any atom is 0.137 e. The van der Waals surface area contributed by atoms with E-state index in [1.54, 1.807) is 0 Å². The highest BCUT2D eigenvalue weighted by atomic mass is 16.3. The van der Waals surface area contributed by atoms with Crippen LogP contribution in [0, 0.1) is 0 Å². The van der Waals surface area contributed by atoms with Crippen molar-refractivity contribution in [3.05, 3.63) is 413 Å². The summed E-state index contributed by atoms with van der Waals surface area (Å²) in [4.78, 5) is 4.69. The molecule has 0 fully saturated rings. The summed E-state index contributed by atoms with van der Waals surface area (Å²) in [5, 5.41) is 7.10. The maximum atomic E-state index is 6.89. The van der Waals surface area contributed by atoms with Crippen molar-refractivity contribution in [2.24, 2.45) is 0 Å². The summed E-state index contributed by atoms with van der Waals surface area (Å²) in [6.07, 6.45) is 0. The van der Waals surface area contributed by atoms with Crippen molar-refractivity contribution in [1.82, 2.24) is 9.13 Å². The highest BCUT2D eigenvalue weighted by molar-refractivity contribution is 6.13. The van der Waals surface area contributed by atoms with Crippen LogP contribution in [-0.4, -0.2) is 9.13 Å². The zero-order valence-corrected chi connectivity index (χ0v) is 58.5. The van der Waals surface area contributed by atoms with Gasteiger partial charge in [-0.15, -0.1) is 0 Å². The predicted octanol–water partition coefficient (Wildman–Crippen LogP) is 28.4. The van der Waals surface area contributed by atoms with Crippen molar-refractivity contribution < 1.29 is 4.42 Å². The third kappa shape index (κ3) is 11.5. The second-order valence-corrected chi connectivity index (χ2v) is 27.6. The average molecular weight is 1370 g/mol. The topological polar surface area (TPSA) is 29.5 Å². The number of benzene rings is 17. The largest absolute Gasteiger partial charge is 0.456 e. The molecule has 17 aromatic carbocycles. The number of para-hydroxylation sites is 4. The van der Waals surface area contributed by atoms with Gasteiger partial charge in [0.2, 0.25) is 0 Å². The Labute approximate surface area is 620 Å². The van der Waals surface area contributed by atoms with E-state index in [1.165, 1.54) is 71.4 Å². The number of fused-ring (bicyclic) bond motifs is 9. The summed E-state index contributed by atoms with van der Waals surface area (Å²) in [5.41, 5.74) is 31.2. The summed E-state index contributed by atoms with van der Waals surface area (Å²) in [7, 11) is 0. The van der Waals surface area contributed by atoms with Gasteiger partial charge in [0.1, 0.15) is 11.2 Å². The van der Waals surface area contributed by atoms with Gasteiger partial charge >= 0.3 is 0 Å². The minimum absolute atomic E-state index is 0.830. The molecule has 107 heavy (non-hydrogen) atoms. The molecule has 0 N–H and O–H groups in total. The molecule has 0 aliphatic rings. The third-order valence-corrected chi connectivity index (χ3v) is 21.3. The van der Waals surface area contributed by atoms with Gasteiger partial charge in [0.05, 0.1) is 22.1 Å². The van der Waals surface area contributed by atoms with E-state index in [2.05, 4.69) is 431 Å². The van der Waals surface area contributed by atoms with E-state index in [9.17, 15) is 0 Å². The van der Waals surface area contributed by atoms with Gasteiger partial charge in [-0.2, -0.15) is 0 Å². The SMILES string of the molecule is c1ccc(-c2ccc(N(c3ccc(-c4ccc(-c5ccc6c(c5)c5ccccc5n6-c5ccccc5)cc4)cc3)c3ccc(-c4cccc(-c5ccc(N(c6ccc(-c7ccccc7)cc6)c6ccc7c(c6)oc6cc(-c8ccc9c(c8)c8ccccc8n9-c8ccccc8)ccc67)cc5)c4)cc3)cc2)cc1.